The topological polar surface area (TPSA) is 149 Å². The Morgan fingerprint density at radius 3 is 1.83 bits per heavy atom. The standard InChI is InChI=1S/C48H80NO10P/c1-6-8-10-12-14-15-16-17-18-19-20-21-22-23-24-26-32-38-48(53)59-46(43-58-60(54,55)57-41-40-49(3,4)5)42-56-47(52)39-33-37-45(51)36-31-28-27-30-35-44(50)34-29-25-13-11-9-7-2/h8,10,14-15,17-18,20-21,25,27-31,35-36,44-46,50-51H,6-7,9,11-13,16,19,22-24,26,32-34,37-43H2,1-5H3/p+1/b10-8-,15-14-,18-17-,21-20-,28-27+,29-25-,35-30+,36-31-/t44-,45-,46-/m1/s1. The number of hydrogen-bond acceptors (Lipinski definition) is 9. The van der Waals surface area contributed by atoms with Gasteiger partial charge in [0, 0.05) is 12.8 Å². The minimum atomic E-state index is -4.45. The summed E-state index contributed by atoms with van der Waals surface area (Å²) >= 11 is 0. The van der Waals surface area contributed by atoms with E-state index in [1.165, 1.54) is 19.3 Å². The number of ether oxygens (including phenoxy) is 2. The minimum absolute atomic E-state index is 0.0174. The van der Waals surface area contributed by atoms with Gasteiger partial charge in [-0.05, 0) is 77.0 Å². The van der Waals surface area contributed by atoms with Crippen LogP contribution in [0, 0.1) is 0 Å². The zero-order valence-corrected chi connectivity index (χ0v) is 38.5. The second-order valence-electron chi connectivity index (χ2n) is 15.7. The Labute approximate surface area is 363 Å². The lowest BCUT2D eigenvalue weighted by atomic mass is 10.1. The van der Waals surface area contributed by atoms with Crippen LogP contribution in [-0.2, 0) is 32.7 Å². The molecular formula is C48H81NO10P+. The van der Waals surface area contributed by atoms with Crippen LogP contribution in [0.3, 0.4) is 0 Å². The van der Waals surface area contributed by atoms with Gasteiger partial charge in [-0.25, -0.2) is 4.57 Å². The lowest BCUT2D eigenvalue weighted by molar-refractivity contribution is -0.870. The van der Waals surface area contributed by atoms with E-state index in [9.17, 15) is 29.3 Å². The summed E-state index contributed by atoms with van der Waals surface area (Å²) in [5, 5.41) is 20.3. The number of esters is 2. The summed E-state index contributed by atoms with van der Waals surface area (Å²) in [6.45, 7) is 3.90. The van der Waals surface area contributed by atoms with Gasteiger partial charge >= 0.3 is 19.8 Å². The molecule has 12 heteroatoms. The Morgan fingerprint density at radius 2 is 1.20 bits per heavy atom. The first-order valence-electron chi connectivity index (χ1n) is 22.2. The Kier molecular flexibility index (Phi) is 36.7. The maximum absolute atomic E-state index is 12.7. The molecular weight excluding hydrogens is 781 g/mol. The molecule has 342 valence electrons. The largest absolute Gasteiger partial charge is 0.472 e. The van der Waals surface area contributed by atoms with Gasteiger partial charge in [-0.1, -0.05) is 137 Å². The molecule has 0 aliphatic carbocycles. The number of aliphatic hydroxyl groups excluding tert-OH is 2. The zero-order valence-electron chi connectivity index (χ0n) is 37.6. The summed E-state index contributed by atoms with van der Waals surface area (Å²) < 4.78 is 34.1. The first-order chi connectivity index (χ1) is 28.8. The monoisotopic (exact) mass is 863 g/mol. The maximum Gasteiger partial charge on any atom is 0.472 e. The molecule has 0 saturated carbocycles. The summed E-state index contributed by atoms with van der Waals surface area (Å²) in [5.41, 5.74) is 0. The van der Waals surface area contributed by atoms with E-state index in [-0.39, 0.29) is 26.1 Å². The van der Waals surface area contributed by atoms with Crippen LogP contribution >= 0.6 is 7.82 Å². The summed E-state index contributed by atoms with van der Waals surface area (Å²) in [7, 11) is 1.30. The van der Waals surface area contributed by atoms with Crippen molar-refractivity contribution in [3.8, 4) is 0 Å². The molecule has 0 radical (unpaired) electrons. The maximum atomic E-state index is 12.7. The molecule has 0 aromatic heterocycles. The number of likely N-dealkylation sites (N-methyl/N-ethyl adjacent to an activating group) is 1. The Hall–Kier alpha value is -3.15. The minimum Gasteiger partial charge on any atom is -0.462 e. The Balaban J connectivity index is 4.68. The first-order valence-corrected chi connectivity index (χ1v) is 23.7. The molecule has 0 heterocycles. The van der Waals surface area contributed by atoms with E-state index in [4.69, 9.17) is 18.5 Å². The number of allylic oxidation sites excluding steroid dienone is 13. The number of phosphoric acid groups is 1. The molecule has 0 fully saturated rings. The quantitative estimate of drug-likeness (QED) is 0.0137. The molecule has 4 atom stereocenters. The van der Waals surface area contributed by atoms with E-state index < -0.39 is 44.7 Å². The molecule has 0 spiro atoms. The van der Waals surface area contributed by atoms with Crippen LogP contribution < -0.4 is 0 Å². The summed E-state index contributed by atoms with van der Waals surface area (Å²) in [6, 6.07) is 0. The SMILES string of the molecule is CC/C=C\C/C=C\C/C=C\C/C=C\CCCCCCC(=O)O[C@H](COC(=O)CCC[C@H](O)\C=C/C=C/C=C/[C@H](O)C/C=C\CCCCC)COP(=O)(O)OCC[N+](C)(C)C. The van der Waals surface area contributed by atoms with Crippen LogP contribution in [0.15, 0.2) is 97.2 Å². The summed E-state index contributed by atoms with van der Waals surface area (Å²) in [4.78, 5) is 35.4. The molecule has 0 aliphatic heterocycles. The fourth-order valence-corrected chi connectivity index (χ4v) is 6.00. The molecule has 3 N–H and O–H groups in total. The smallest absolute Gasteiger partial charge is 0.462 e. The van der Waals surface area contributed by atoms with Gasteiger partial charge in [-0.15, -0.1) is 0 Å². The summed E-state index contributed by atoms with van der Waals surface area (Å²) in [5.74, 6) is -1.08. The van der Waals surface area contributed by atoms with Crippen LogP contribution in [-0.4, -0.2) is 97.3 Å². The van der Waals surface area contributed by atoms with Crippen molar-refractivity contribution in [2.24, 2.45) is 0 Å². The molecule has 1 unspecified atom stereocenters. The fraction of sp³-hybridized carbons (Fsp3) is 0.625. The number of nitrogens with zero attached hydrogens (tertiary/aromatic N) is 1. The predicted octanol–water partition coefficient (Wildman–Crippen LogP) is 10.5. The van der Waals surface area contributed by atoms with Gasteiger partial charge in [-0.3, -0.25) is 18.6 Å². The molecule has 60 heavy (non-hydrogen) atoms. The van der Waals surface area contributed by atoms with Crippen molar-refractivity contribution in [3.63, 3.8) is 0 Å². The van der Waals surface area contributed by atoms with Crippen molar-refractivity contribution in [1.29, 1.82) is 0 Å². The number of phosphoric ester groups is 1. The van der Waals surface area contributed by atoms with Crippen LogP contribution in [0.25, 0.3) is 0 Å². The summed E-state index contributed by atoms with van der Waals surface area (Å²) in [6.07, 6.45) is 43.7. The number of aliphatic hydroxyl groups is 2. The normalized spacial score (nSPS) is 15.5. The highest BCUT2D eigenvalue weighted by molar-refractivity contribution is 7.47. The third-order valence-corrected chi connectivity index (χ3v) is 9.77. The van der Waals surface area contributed by atoms with Gasteiger partial charge in [0.25, 0.3) is 0 Å². The van der Waals surface area contributed by atoms with Crippen molar-refractivity contribution in [3.05, 3.63) is 97.2 Å². The molecule has 0 aliphatic rings. The van der Waals surface area contributed by atoms with Crippen molar-refractivity contribution >= 4 is 19.8 Å². The number of quaternary nitrogens is 1. The van der Waals surface area contributed by atoms with Gasteiger partial charge < -0.3 is 29.1 Å². The molecule has 0 saturated heterocycles. The first kappa shape index (κ1) is 56.9. The second kappa shape index (κ2) is 38.7. The molecule has 0 bridgehead atoms. The van der Waals surface area contributed by atoms with E-state index in [1.807, 2.05) is 27.2 Å². The predicted molar refractivity (Wildman–Crippen MR) is 245 cm³/mol. The molecule has 11 nitrogen and oxygen atoms in total. The van der Waals surface area contributed by atoms with Crippen molar-refractivity contribution < 1.29 is 52.3 Å². The molecule has 0 amide bonds. The molecule has 0 aromatic carbocycles. The number of rotatable bonds is 38. The lowest BCUT2D eigenvalue weighted by Crippen LogP contribution is -2.37. The lowest BCUT2D eigenvalue weighted by Gasteiger charge is -2.24. The fourth-order valence-electron chi connectivity index (χ4n) is 5.26. The third kappa shape index (κ3) is 41.6. The number of hydrogen-bond donors (Lipinski definition) is 3. The Bertz CT molecular complexity index is 1380. The van der Waals surface area contributed by atoms with Gasteiger partial charge in [0.1, 0.15) is 19.8 Å². The average molecular weight is 863 g/mol. The van der Waals surface area contributed by atoms with Crippen LogP contribution in [0.2, 0.25) is 0 Å². The van der Waals surface area contributed by atoms with E-state index >= 15 is 0 Å². The van der Waals surface area contributed by atoms with Crippen LogP contribution in [0.4, 0.5) is 0 Å². The zero-order chi connectivity index (χ0) is 44.6. The van der Waals surface area contributed by atoms with Crippen molar-refractivity contribution in [1.82, 2.24) is 0 Å². The van der Waals surface area contributed by atoms with Gasteiger partial charge in [0.2, 0.25) is 0 Å². The highest BCUT2D eigenvalue weighted by Crippen LogP contribution is 2.43. The average Bonchev–Trinajstić information content (AvgIpc) is 3.19. The van der Waals surface area contributed by atoms with Crippen LogP contribution in [0.5, 0.6) is 0 Å². The van der Waals surface area contributed by atoms with Crippen molar-refractivity contribution in [2.45, 2.75) is 148 Å². The van der Waals surface area contributed by atoms with E-state index in [0.717, 1.165) is 57.8 Å². The highest BCUT2D eigenvalue weighted by atomic mass is 31.2. The van der Waals surface area contributed by atoms with Crippen LogP contribution in [0.1, 0.15) is 129 Å². The second-order valence-corrected chi connectivity index (χ2v) is 17.2. The third-order valence-electron chi connectivity index (χ3n) is 8.79. The van der Waals surface area contributed by atoms with E-state index in [1.54, 1.807) is 36.5 Å². The van der Waals surface area contributed by atoms with Gasteiger partial charge in [-0.2, -0.15) is 0 Å². The highest BCUT2D eigenvalue weighted by Gasteiger charge is 2.27. The van der Waals surface area contributed by atoms with Gasteiger partial charge in [0.05, 0.1) is 40.0 Å². The number of carbonyl (C=O) groups excluding carboxylic acids is 2. The molecule has 0 rings (SSSR count). The van der Waals surface area contributed by atoms with Crippen molar-refractivity contribution in [2.75, 3.05) is 47.5 Å². The van der Waals surface area contributed by atoms with E-state index in [2.05, 4.69) is 68.5 Å². The number of carbonyl (C=O) groups is 2. The Morgan fingerprint density at radius 1 is 0.633 bits per heavy atom. The van der Waals surface area contributed by atoms with Gasteiger partial charge in [0.15, 0.2) is 6.10 Å². The number of unbranched alkanes of at least 4 members (excludes halogenated alkanes) is 7. The van der Waals surface area contributed by atoms with E-state index in [0.29, 0.717) is 36.7 Å². The molecule has 0 aromatic rings.